The molecule has 0 spiro atoms. The standard InChI is InChI=1S/C18H22F3NO/c1-23-14-5-4-13-6-9-17-8-3-2-7-16(17,15(13)12-14)10-11-22(17)18(19,20)21/h4-5,12H,2-3,6-11H2,1H3/t16?,17-/m0/s1. The lowest BCUT2D eigenvalue weighted by Gasteiger charge is -2.56. The van der Waals surface area contributed by atoms with Gasteiger partial charge in [0.15, 0.2) is 0 Å². The Morgan fingerprint density at radius 2 is 1.87 bits per heavy atom. The third kappa shape index (κ3) is 1.92. The van der Waals surface area contributed by atoms with Crippen molar-refractivity contribution in [1.29, 1.82) is 0 Å². The molecular formula is C18H22F3NO. The molecule has 3 aliphatic rings. The second-order valence-electron chi connectivity index (χ2n) is 7.21. The predicted octanol–water partition coefficient (Wildman–Crippen LogP) is 4.42. The molecule has 2 nitrogen and oxygen atoms in total. The summed E-state index contributed by atoms with van der Waals surface area (Å²) in [6.07, 6.45) is 1.14. The van der Waals surface area contributed by atoms with Gasteiger partial charge in [0.1, 0.15) is 5.75 Å². The maximum atomic E-state index is 13.7. The number of alkyl halides is 3. The van der Waals surface area contributed by atoms with Crippen molar-refractivity contribution in [3.8, 4) is 5.75 Å². The van der Waals surface area contributed by atoms with Crippen molar-refractivity contribution >= 4 is 0 Å². The number of nitrogens with zero attached hydrogens (tertiary/aromatic N) is 1. The average Bonchev–Trinajstić information content (AvgIpc) is 2.90. The van der Waals surface area contributed by atoms with E-state index in [0.29, 0.717) is 19.3 Å². The summed E-state index contributed by atoms with van der Waals surface area (Å²) in [6.45, 7) is 0.125. The quantitative estimate of drug-likeness (QED) is 0.709. The van der Waals surface area contributed by atoms with Crippen LogP contribution in [0.4, 0.5) is 13.2 Å². The van der Waals surface area contributed by atoms with Crippen molar-refractivity contribution in [2.75, 3.05) is 13.7 Å². The largest absolute Gasteiger partial charge is 0.497 e. The number of fused-ring (bicyclic) bond motifs is 1. The molecule has 0 bridgehead atoms. The van der Waals surface area contributed by atoms with Gasteiger partial charge in [0.25, 0.3) is 0 Å². The monoisotopic (exact) mass is 325 g/mol. The first kappa shape index (κ1) is 15.3. The average molecular weight is 325 g/mol. The van der Waals surface area contributed by atoms with E-state index in [1.165, 1.54) is 5.56 Å². The minimum absolute atomic E-state index is 0.125. The van der Waals surface area contributed by atoms with Crippen LogP contribution in [-0.2, 0) is 11.8 Å². The summed E-state index contributed by atoms with van der Waals surface area (Å²) in [7, 11) is 1.62. The molecule has 2 atom stereocenters. The van der Waals surface area contributed by atoms with Gasteiger partial charge in [-0.15, -0.1) is 0 Å². The SMILES string of the molecule is COc1ccc2c(c1)C13CCCC[C@@]1(CC2)N(C(F)(F)F)CC3. The zero-order valence-corrected chi connectivity index (χ0v) is 13.4. The molecule has 2 aliphatic carbocycles. The Bertz CT molecular complexity index is 629. The molecule has 0 N–H and O–H groups in total. The summed E-state index contributed by atoms with van der Waals surface area (Å²) in [5.74, 6) is 0.755. The van der Waals surface area contributed by atoms with Gasteiger partial charge in [-0.05, 0) is 55.4 Å². The fourth-order valence-electron chi connectivity index (χ4n) is 5.66. The maximum Gasteiger partial charge on any atom is 0.460 e. The first-order chi connectivity index (χ1) is 10.9. The lowest BCUT2D eigenvalue weighted by molar-refractivity contribution is -0.276. The maximum absolute atomic E-state index is 13.7. The highest BCUT2D eigenvalue weighted by molar-refractivity contribution is 5.48. The van der Waals surface area contributed by atoms with E-state index in [2.05, 4.69) is 6.07 Å². The Morgan fingerprint density at radius 3 is 2.61 bits per heavy atom. The number of likely N-dealkylation sites (tertiary alicyclic amines) is 1. The van der Waals surface area contributed by atoms with Gasteiger partial charge < -0.3 is 4.74 Å². The van der Waals surface area contributed by atoms with E-state index in [0.717, 1.165) is 41.9 Å². The lowest BCUT2D eigenvalue weighted by Crippen LogP contribution is -2.63. The number of methoxy groups -OCH3 is 1. The highest BCUT2D eigenvalue weighted by atomic mass is 19.4. The van der Waals surface area contributed by atoms with E-state index < -0.39 is 11.8 Å². The van der Waals surface area contributed by atoms with E-state index >= 15 is 0 Å². The first-order valence-corrected chi connectivity index (χ1v) is 8.45. The van der Waals surface area contributed by atoms with Gasteiger partial charge >= 0.3 is 6.30 Å². The van der Waals surface area contributed by atoms with E-state index in [1.54, 1.807) is 7.11 Å². The molecule has 23 heavy (non-hydrogen) atoms. The van der Waals surface area contributed by atoms with Crippen LogP contribution in [0.3, 0.4) is 0 Å². The molecule has 1 aliphatic heterocycles. The molecule has 1 saturated carbocycles. The third-order valence-corrected chi connectivity index (χ3v) is 6.56. The summed E-state index contributed by atoms with van der Waals surface area (Å²) >= 11 is 0. The highest BCUT2D eigenvalue weighted by Gasteiger charge is 2.67. The molecule has 1 aromatic rings. The minimum atomic E-state index is -4.24. The van der Waals surface area contributed by atoms with Crippen LogP contribution in [-0.4, -0.2) is 30.4 Å². The number of rotatable bonds is 1. The van der Waals surface area contributed by atoms with Crippen molar-refractivity contribution in [1.82, 2.24) is 4.90 Å². The lowest BCUT2D eigenvalue weighted by atomic mass is 9.53. The van der Waals surface area contributed by atoms with Gasteiger partial charge in [-0.3, -0.25) is 0 Å². The van der Waals surface area contributed by atoms with Crippen LogP contribution in [0.25, 0.3) is 0 Å². The minimum Gasteiger partial charge on any atom is -0.497 e. The molecule has 0 radical (unpaired) electrons. The van der Waals surface area contributed by atoms with E-state index in [1.807, 2.05) is 12.1 Å². The molecule has 0 amide bonds. The van der Waals surface area contributed by atoms with Crippen LogP contribution in [0.15, 0.2) is 18.2 Å². The summed E-state index contributed by atoms with van der Waals surface area (Å²) in [6, 6.07) is 5.99. The van der Waals surface area contributed by atoms with E-state index in [-0.39, 0.29) is 12.0 Å². The number of aryl methyl sites for hydroxylation is 1. The summed E-state index contributed by atoms with van der Waals surface area (Å²) in [5, 5.41) is 0. The van der Waals surface area contributed by atoms with Gasteiger partial charge in [-0.1, -0.05) is 18.9 Å². The molecule has 2 fully saturated rings. The molecule has 4 rings (SSSR count). The second-order valence-corrected chi connectivity index (χ2v) is 7.21. The molecule has 1 saturated heterocycles. The van der Waals surface area contributed by atoms with Gasteiger partial charge in [-0.2, -0.15) is 13.2 Å². The smallest absolute Gasteiger partial charge is 0.460 e. The van der Waals surface area contributed by atoms with Gasteiger partial charge in [0.05, 0.1) is 7.11 Å². The van der Waals surface area contributed by atoms with Crippen LogP contribution in [0.5, 0.6) is 5.75 Å². The highest BCUT2D eigenvalue weighted by Crippen LogP contribution is 2.62. The summed E-state index contributed by atoms with van der Waals surface area (Å²) < 4.78 is 46.5. The Hall–Kier alpha value is -1.23. The van der Waals surface area contributed by atoms with Crippen molar-refractivity contribution in [3.63, 3.8) is 0 Å². The molecular weight excluding hydrogens is 303 g/mol. The van der Waals surface area contributed by atoms with E-state index in [4.69, 9.17) is 4.74 Å². The second kappa shape index (κ2) is 4.88. The van der Waals surface area contributed by atoms with Gasteiger partial charge in [-0.25, -0.2) is 4.90 Å². The van der Waals surface area contributed by atoms with Gasteiger partial charge in [0, 0.05) is 17.5 Å². The number of halogens is 3. The van der Waals surface area contributed by atoms with Crippen LogP contribution >= 0.6 is 0 Å². The zero-order valence-electron chi connectivity index (χ0n) is 13.4. The number of hydrogen-bond acceptors (Lipinski definition) is 2. The van der Waals surface area contributed by atoms with Crippen LogP contribution in [0, 0.1) is 0 Å². The summed E-state index contributed by atoms with van der Waals surface area (Å²) in [4.78, 5) is 0.877. The van der Waals surface area contributed by atoms with Crippen LogP contribution in [0.1, 0.15) is 49.7 Å². The van der Waals surface area contributed by atoms with Crippen LogP contribution < -0.4 is 4.74 Å². The van der Waals surface area contributed by atoms with Crippen LogP contribution in [0.2, 0.25) is 0 Å². The zero-order chi connectivity index (χ0) is 16.3. The van der Waals surface area contributed by atoms with Crippen molar-refractivity contribution < 1.29 is 17.9 Å². The Balaban J connectivity index is 1.90. The third-order valence-electron chi connectivity index (χ3n) is 6.56. The number of hydrogen-bond donors (Lipinski definition) is 0. The molecule has 1 unspecified atom stereocenters. The molecule has 1 heterocycles. The predicted molar refractivity (Wildman–Crippen MR) is 81.6 cm³/mol. The Labute approximate surface area is 134 Å². The number of ether oxygens (including phenoxy) is 1. The fourth-order valence-corrected chi connectivity index (χ4v) is 5.66. The first-order valence-electron chi connectivity index (χ1n) is 8.45. The molecule has 1 aromatic carbocycles. The van der Waals surface area contributed by atoms with Crippen molar-refractivity contribution in [2.24, 2.45) is 0 Å². The Kier molecular flexibility index (Phi) is 3.25. The Morgan fingerprint density at radius 1 is 1.09 bits per heavy atom. The topological polar surface area (TPSA) is 12.5 Å². The molecule has 0 aromatic heterocycles. The van der Waals surface area contributed by atoms with Crippen molar-refractivity contribution in [3.05, 3.63) is 29.3 Å². The summed E-state index contributed by atoms with van der Waals surface area (Å²) in [5.41, 5.74) is 1.23. The number of benzene rings is 1. The van der Waals surface area contributed by atoms with Crippen molar-refractivity contribution in [2.45, 2.75) is 62.2 Å². The molecule has 5 heteroatoms. The molecule has 126 valence electrons. The fraction of sp³-hybridized carbons (Fsp3) is 0.667. The normalized spacial score (nSPS) is 33.7. The van der Waals surface area contributed by atoms with E-state index in [9.17, 15) is 13.2 Å². The van der Waals surface area contributed by atoms with Gasteiger partial charge in [0.2, 0.25) is 0 Å².